The summed E-state index contributed by atoms with van der Waals surface area (Å²) in [6.07, 6.45) is 0. The number of alkyl halides is 1. The Morgan fingerprint density at radius 2 is 0.613 bits per heavy atom. The SMILES string of the molecule is CCOc1cc(C)c(OCC)c2ccccc12.CCOc1cc(Cl)c(OCC)c2ccccc12.COc1cc(C)c(OC)c2ccccc12.COc1cc(Cl)c(OC)c2ccccc12.COc1ccc(OCCCl)c2ccccc12. The van der Waals surface area contributed by atoms with Crippen molar-refractivity contribution in [1.82, 2.24) is 0 Å². The Bertz CT molecular complexity index is 3410. The molecule has 420 valence electrons. The van der Waals surface area contributed by atoms with Gasteiger partial charge in [0.1, 0.15) is 64.1 Å². The summed E-state index contributed by atoms with van der Waals surface area (Å²) in [5, 5.41) is 11.7. The van der Waals surface area contributed by atoms with E-state index in [1.54, 1.807) is 41.6 Å². The van der Waals surface area contributed by atoms with Crippen molar-refractivity contribution in [1.29, 1.82) is 0 Å². The molecule has 10 rings (SSSR count). The van der Waals surface area contributed by atoms with Crippen LogP contribution >= 0.6 is 34.8 Å². The standard InChI is InChI=1S/C15H18O2.C14H15ClO2.C13H13ClO2.C13H14O2.C12H11ClO2/c1-4-16-14-10-11(3)15(17-5-2)13-9-7-6-8-12(13)14;1-3-16-13-9-12(15)14(17-4-2)11-8-6-5-7-10(11)13;1-15-12-6-7-13(16-9-8-14)11-5-3-2-4-10(11)12;1-9-8-12(14-2)10-6-4-5-7-11(10)13(9)15-3;1-14-11-7-10(13)12(15-2)9-6-4-3-5-8(9)11/h6-10H,4-5H2,1-3H3;5-9H,3-4H2,1-2H3;2-7H,8-9H2,1H3;4-8H,1-3H3;3-7H,1-2H3. The van der Waals surface area contributed by atoms with Gasteiger partial charge in [-0.2, -0.15) is 0 Å². The fourth-order valence-corrected chi connectivity index (χ4v) is 9.76. The molecule has 10 aromatic rings. The van der Waals surface area contributed by atoms with Crippen LogP contribution in [-0.2, 0) is 0 Å². The molecule has 0 saturated heterocycles. The molecule has 0 amide bonds. The highest BCUT2D eigenvalue weighted by molar-refractivity contribution is 6.34. The van der Waals surface area contributed by atoms with E-state index in [9.17, 15) is 0 Å². The summed E-state index contributed by atoms with van der Waals surface area (Å²) >= 11 is 17.9. The molecule has 0 fully saturated rings. The van der Waals surface area contributed by atoms with E-state index in [0.29, 0.717) is 54.7 Å². The molecule has 10 nitrogen and oxygen atoms in total. The average molecular weight is 1140 g/mol. The lowest BCUT2D eigenvalue weighted by Crippen LogP contribution is -1.98. The van der Waals surface area contributed by atoms with E-state index < -0.39 is 0 Å². The zero-order valence-corrected chi connectivity index (χ0v) is 49.7. The number of ether oxygens (including phenoxy) is 10. The number of hydrogen-bond donors (Lipinski definition) is 0. The first-order valence-corrected chi connectivity index (χ1v) is 27.6. The molecule has 0 aliphatic rings. The lowest BCUT2D eigenvalue weighted by molar-refractivity contribution is 0.334. The van der Waals surface area contributed by atoms with Crippen LogP contribution in [0.25, 0.3) is 53.9 Å². The third-order valence-electron chi connectivity index (χ3n) is 12.5. The minimum Gasteiger partial charge on any atom is -0.496 e. The smallest absolute Gasteiger partial charge is 0.145 e. The van der Waals surface area contributed by atoms with Crippen LogP contribution in [-0.4, -0.2) is 74.5 Å². The molecule has 0 aliphatic carbocycles. The molecular formula is C67H71Cl3O10. The van der Waals surface area contributed by atoms with E-state index in [1.165, 1.54) is 0 Å². The van der Waals surface area contributed by atoms with Gasteiger partial charge in [0.2, 0.25) is 0 Å². The van der Waals surface area contributed by atoms with Gasteiger partial charge in [-0.25, -0.2) is 0 Å². The molecular weight excluding hydrogens is 1070 g/mol. The molecule has 0 N–H and O–H groups in total. The van der Waals surface area contributed by atoms with E-state index in [-0.39, 0.29) is 0 Å². The molecule has 0 atom stereocenters. The minimum atomic E-state index is 0.486. The van der Waals surface area contributed by atoms with Crippen molar-refractivity contribution >= 4 is 88.7 Å². The van der Waals surface area contributed by atoms with E-state index in [1.807, 2.05) is 168 Å². The zero-order valence-electron chi connectivity index (χ0n) is 47.5. The van der Waals surface area contributed by atoms with Gasteiger partial charge in [0, 0.05) is 66.0 Å². The number of halogens is 3. The quantitative estimate of drug-likeness (QED) is 0.0871. The van der Waals surface area contributed by atoms with E-state index in [4.69, 9.17) is 82.2 Å². The van der Waals surface area contributed by atoms with Gasteiger partial charge in [-0.15, -0.1) is 11.6 Å². The topological polar surface area (TPSA) is 92.3 Å². The molecule has 0 aromatic heterocycles. The first-order chi connectivity index (χ1) is 39.0. The van der Waals surface area contributed by atoms with Crippen molar-refractivity contribution in [3.8, 4) is 57.5 Å². The van der Waals surface area contributed by atoms with Crippen molar-refractivity contribution in [3.05, 3.63) is 179 Å². The second-order valence-corrected chi connectivity index (χ2v) is 18.7. The van der Waals surface area contributed by atoms with Crippen molar-refractivity contribution in [2.24, 2.45) is 0 Å². The van der Waals surface area contributed by atoms with Crippen molar-refractivity contribution in [3.63, 3.8) is 0 Å². The second-order valence-electron chi connectivity index (χ2n) is 17.5. The maximum Gasteiger partial charge on any atom is 0.145 e. The molecule has 13 heteroatoms. The first kappa shape index (κ1) is 61.6. The molecule has 0 bridgehead atoms. The number of benzene rings is 10. The monoisotopic (exact) mass is 1140 g/mol. The van der Waals surface area contributed by atoms with Crippen molar-refractivity contribution < 1.29 is 47.4 Å². The van der Waals surface area contributed by atoms with Gasteiger partial charge in [-0.1, -0.05) is 145 Å². The molecule has 0 radical (unpaired) electrons. The normalized spacial score (nSPS) is 10.4. The number of rotatable bonds is 16. The Balaban J connectivity index is 0.000000161. The molecule has 10 aromatic carbocycles. The summed E-state index contributed by atoms with van der Waals surface area (Å²) in [5.74, 6) is 8.88. The summed E-state index contributed by atoms with van der Waals surface area (Å²) in [4.78, 5) is 0. The first-order valence-electron chi connectivity index (χ1n) is 26.4. The highest BCUT2D eigenvalue weighted by Gasteiger charge is 2.15. The molecule has 0 heterocycles. The summed E-state index contributed by atoms with van der Waals surface area (Å²) in [7, 11) is 8.29. The van der Waals surface area contributed by atoms with Crippen molar-refractivity contribution in [2.75, 3.05) is 74.5 Å². The zero-order chi connectivity index (χ0) is 57.6. The largest absolute Gasteiger partial charge is 0.496 e. The molecule has 0 unspecified atom stereocenters. The lowest BCUT2D eigenvalue weighted by atomic mass is 10.0. The number of methoxy groups -OCH3 is 5. The number of fused-ring (bicyclic) bond motifs is 5. The average Bonchev–Trinajstić information content (AvgIpc) is 3.50. The predicted molar refractivity (Wildman–Crippen MR) is 333 cm³/mol. The predicted octanol–water partition coefficient (Wildman–Crippen LogP) is 18.4. The molecule has 0 saturated carbocycles. The Morgan fingerprint density at radius 3 is 1.06 bits per heavy atom. The fourth-order valence-electron chi connectivity index (χ4n) is 9.15. The van der Waals surface area contributed by atoms with Crippen LogP contribution in [0.2, 0.25) is 10.0 Å². The van der Waals surface area contributed by atoms with Crippen LogP contribution in [0.1, 0.15) is 38.8 Å². The lowest BCUT2D eigenvalue weighted by Gasteiger charge is -2.14. The number of hydrogen-bond acceptors (Lipinski definition) is 10. The van der Waals surface area contributed by atoms with Crippen LogP contribution in [0.4, 0.5) is 0 Å². The Hall–Kier alpha value is -7.63. The van der Waals surface area contributed by atoms with Gasteiger partial charge in [0.05, 0.1) is 77.9 Å². The van der Waals surface area contributed by atoms with Gasteiger partial charge in [-0.05, 0) is 76.9 Å². The second kappa shape index (κ2) is 31.2. The maximum absolute atomic E-state index is 6.22. The van der Waals surface area contributed by atoms with Crippen LogP contribution in [0.5, 0.6) is 57.5 Å². The third-order valence-corrected chi connectivity index (χ3v) is 13.2. The van der Waals surface area contributed by atoms with E-state index >= 15 is 0 Å². The van der Waals surface area contributed by atoms with Gasteiger partial charge in [0.25, 0.3) is 0 Å². The molecule has 0 spiro atoms. The van der Waals surface area contributed by atoms with Crippen LogP contribution in [0.3, 0.4) is 0 Å². The Morgan fingerprint density at radius 1 is 0.300 bits per heavy atom. The fraction of sp³-hybridized carbons (Fsp3) is 0.254. The van der Waals surface area contributed by atoms with E-state index in [2.05, 4.69) is 25.1 Å². The summed E-state index contributed by atoms with van der Waals surface area (Å²) in [6.45, 7) is 15.1. The summed E-state index contributed by atoms with van der Waals surface area (Å²) in [6, 6.07) is 51.5. The Kier molecular flexibility index (Phi) is 24.0. The third kappa shape index (κ3) is 15.0. The molecule has 0 aliphatic heterocycles. The minimum absolute atomic E-state index is 0.486. The maximum atomic E-state index is 6.22. The van der Waals surface area contributed by atoms with Gasteiger partial charge in [-0.3, -0.25) is 0 Å². The van der Waals surface area contributed by atoms with Gasteiger partial charge in [0.15, 0.2) is 0 Å². The highest BCUT2D eigenvalue weighted by atomic mass is 35.5. The summed E-state index contributed by atoms with van der Waals surface area (Å²) < 4.78 is 54.8. The van der Waals surface area contributed by atoms with Gasteiger partial charge >= 0.3 is 0 Å². The summed E-state index contributed by atoms with van der Waals surface area (Å²) in [5.41, 5.74) is 2.21. The van der Waals surface area contributed by atoms with Crippen LogP contribution < -0.4 is 47.4 Å². The van der Waals surface area contributed by atoms with E-state index in [0.717, 1.165) is 117 Å². The Labute approximate surface area is 485 Å². The molecule has 80 heavy (non-hydrogen) atoms. The van der Waals surface area contributed by atoms with Crippen molar-refractivity contribution in [2.45, 2.75) is 41.5 Å². The van der Waals surface area contributed by atoms with Crippen LogP contribution in [0, 0.1) is 13.8 Å². The van der Waals surface area contributed by atoms with Crippen LogP contribution in [0.15, 0.2) is 158 Å². The van der Waals surface area contributed by atoms with Gasteiger partial charge < -0.3 is 47.4 Å². The highest BCUT2D eigenvalue weighted by Crippen LogP contribution is 2.42. The number of aryl methyl sites for hydroxylation is 2.